The number of hydrogen-bond acceptors (Lipinski definition) is 7. The molecule has 0 saturated carbocycles. The lowest BCUT2D eigenvalue weighted by atomic mass is 9.93. The molecule has 9 nitrogen and oxygen atoms in total. The first kappa shape index (κ1) is 27.3. The first-order chi connectivity index (χ1) is 21.5. The summed E-state index contributed by atoms with van der Waals surface area (Å²) in [6, 6.07) is 32.6. The van der Waals surface area contributed by atoms with Crippen molar-refractivity contribution in [1.82, 2.24) is 9.78 Å². The molecular weight excluding hydrogens is 550 g/mol. The molecule has 218 valence electrons. The van der Waals surface area contributed by atoms with Crippen molar-refractivity contribution in [3.8, 4) is 5.69 Å². The minimum absolute atomic E-state index is 0.0293. The van der Waals surface area contributed by atoms with Gasteiger partial charge in [-0.15, -0.1) is 0 Å². The second-order valence-corrected chi connectivity index (χ2v) is 11.0. The van der Waals surface area contributed by atoms with Gasteiger partial charge in [0, 0.05) is 23.4 Å². The number of benzene rings is 4. The molecule has 5 aromatic rings. The van der Waals surface area contributed by atoms with Crippen molar-refractivity contribution in [2.45, 2.75) is 39.2 Å². The van der Waals surface area contributed by atoms with Gasteiger partial charge in [0.15, 0.2) is 17.5 Å². The van der Waals surface area contributed by atoms with Gasteiger partial charge in [0.25, 0.3) is 5.69 Å². The fourth-order valence-electron chi connectivity index (χ4n) is 5.94. The third-order valence-corrected chi connectivity index (χ3v) is 8.07. The van der Waals surface area contributed by atoms with E-state index in [1.807, 2.05) is 72.3 Å². The maximum absolute atomic E-state index is 11.9. The fourth-order valence-corrected chi connectivity index (χ4v) is 5.94. The number of nitro groups is 1. The predicted octanol–water partition coefficient (Wildman–Crippen LogP) is 8.23. The number of anilines is 2. The van der Waals surface area contributed by atoms with Crippen molar-refractivity contribution in [3.63, 3.8) is 0 Å². The lowest BCUT2D eigenvalue weighted by Crippen LogP contribution is -2.46. The Bertz CT molecular complexity index is 1930. The number of nitrogens with one attached hydrogen (secondary N) is 1. The number of unbranched alkanes of at least 4 members (excludes halogenated alkanes) is 1. The molecule has 3 heterocycles. The Morgan fingerprint density at radius 3 is 2.45 bits per heavy atom. The van der Waals surface area contributed by atoms with Crippen LogP contribution in [0.4, 0.5) is 28.6 Å². The molecule has 1 aromatic heterocycles. The van der Waals surface area contributed by atoms with Crippen molar-refractivity contribution in [3.05, 3.63) is 136 Å². The van der Waals surface area contributed by atoms with Crippen LogP contribution in [0.25, 0.3) is 5.69 Å². The van der Waals surface area contributed by atoms with Gasteiger partial charge in [-0.3, -0.25) is 10.1 Å². The van der Waals surface area contributed by atoms with E-state index in [0.717, 1.165) is 58.8 Å². The molecule has 44 heavy (non-hydrogen) atoms. The Hall–Kier alpha value is -5.57. The molecule has 0 aliphatic carbocycles. The topological polar surface area (TPSA) is 101 Å². The molecule has 0 fully saturated rings. The van der Waals surface area contributed by atoms with Gasteiger partial charge in [-0.2, -0.15) is 5.10 Å². The fraction of sp³-hybridized carbons (Fsp3) is 0.171. The van der Waals surface area contributed by atoms with E-state index in [0.29, 0.717) is 17.5 Å². The zero-order chi connectivity index (χ0) is 30.2. The Morgan fingerprint density at radius 2 is 1.68 bits per heavy atom. The highest BCUT2D eigenvalue weighted by Gasteiger charge is 2.41. The lowest BCUT2D eigenvalue weighted by molar-refractivity contribution is -0.384. The SMILES string of the molecule is CCCCc1ccc(NC2=Nc3ccccc3N3C2=Nc2c(c(C)nn2-c2ccccc2)C3c2cccc([N+](=O)[O-])c2)cc1. The molecule has 1 atom stereocenters. The number of nitro benzene ring substituents is 1. The monoisotopic (exact) mass is 581 g/mol. The Labute approximate surface area is 255 Å². The number of aliphatic imine (C=N–C) groups is 2. The standard InChI is InChI=1S/C35H31N7O2/c1-3-4-11-24-18-20-26(21-19-24)36-33-35-38-34-31(23(2)39-41(34)27-13-6-5-7-14-27)32(25-12-10-15-28(22-25)42(43)44)40(35)30-17-9-8-16-29(30)37-33/h5-10,12-22,32H,3-4,11H2,1-2H3,(H,36,37). The molecular formula is C35H31N7O2. The predicted molar refractivity (Wildman–Crippen MR) is 175 cm³/mol. The summed E-state index contributed by atoms with van der Waals surface area (Å²) in [5.41, 5.74) is 7.18. The summed E-state index contributed by atoms with van der Waals surface area (Å²) in [7, 11) is 0. The van der Waals surface area contributed by atoms with Crippen LogP contribution in [0, 0.1) is 17.0 Å². The van der Waals surface area contributed by atoms with Gasteiger partial charge in [-0.1, -0.05) is 67.9 Å². The van der Waals surface area contributed by atoms with Crippen LogP contribution in [0.3, 0.4) is 0 Å². The number of non-ortho nitro benzene ring substituents is 1. The normalized spacial score (nSPS) is 15.0. The Kier molecular flexibility index (Phi) is 6.98. The molecule has 0 amide bonds. The van der Waals surface area contributed by atoms with Crippen LogP contribution in [-0.4, -0.2) is 26.4 Å². The van der Waals surface area contributed by atoms with Gasteiger partial charge in [-0.05, 0) is 67.3 Å². The van der Waals surface area contributed by atoms with E-state index in [1.54, 1.807) is 12.1 Å². The van der Waals surface area contributed by atoms with Crippen molar-refractivity contribution >= 4 is 40.2 Å². The number of hydrogen-bond donors (Lipinski definition) is 1. The van der Waals surface area contributed by atoms with E-state index in [4.69, 9.17) is 15.1 Å². The molecule has 2 aliphatic heterocycles. The zero-order valence-corrected chi connectivity index (χ0v) is 24.5. The number of aryl methyl sites for hydroxylation is 2. The molecule has 0 saturated heterocycles. The number of nitrogens with zero attached hydrogens (tertiary/aromatic N) is 6. The van der Waals surface area contributed by atoms with E-state index in [2.05, 4.69) is 41.4 Å². The van der Waals surface area contributed by atoms with Gasteiger partial charge in [-0.25, -0.2) is 14.7 Å². The lowest BCUT2D eigenvalue weighted by Gasteiger charge is -2.40. The van der Waals surface area contributed by atoms with Gasteiger partial charge in [0.1, 0.15) is 0 Å². The summed E-state index contributed by atoms with van der Waals surface area (Å²) >= 11 is 0. The average Bonchev–Trinajstić information content (AvgIpc) is 3.39. The van der Waals surface area contributed by atoms with Crippen molar-refractivity contribution in [2.75, 3.05) is 10.2 Å². The molecule has 4 aromatic carbocycles. The minimum atomic E-state index is -0.445. The molecule has 1 N–H and O–H groups in total. The quantitative estimate of drug-likeness (QED) is 0.154. The zero-order valence-electron chi connectivity index (χ0n) is 24.5. The first-order valence-electron chi connectivity index (χ1n) is 14.8. The van der Waals surface area contributed by atoms with Crippen molar-refractivity contribution in [1.29, 1.82) is 0 Å². The second-order valence-electron chi connectivity index (χ2n) is 11.0. The number of para-hydroxylation sites is 3. The van der Waals surface area contributed by atoms with Gasteiger partial charge in [0.2, 0.25) is 0 Å². The van der Waals surface area contributed by atoms with Crippen LogP contribution < -0.4 is 10.2 Å². The van der Waals surface area contributed by atoms with Crippen LogP contribution in [-0.2, 0) is 6.42 Å². The highest BCUT2D eigenvalue weighted by atomic mass is 16.6. The van der Waals surface area contributed by atoms with Crippen LogP contribution in [0.5, 0.6) is 0 Å². The van der Waals surface area contributed by atoms with Crippen molar-refractivity contribution < 1.29 is 4.92 Å². The minimum Gasteiger partial charge on any atom is -0.337 e. The highest BCUT2D eigenvalue weighted by molar-refractivity contribution is 6.51. The number of aromatic nitrogens is 2. The Balaban J connectivity index is 1.43. The summed E-state index contributed by atoms with van der Waals surface area (Å²) in [5.74, 6) is 1.87. The van der Waals surface area contributed by atoms with E-state index in [9.17, 15) is 10.1 Å². The third kappa shape index (κ3) is 4.82. The van der Waals surface area contributed by atoms with Crippen LogP contribution in [0.15, 0.2) is 113 Å². The van der Waals surface area contributed by atoms with Crippen LogP contribution in [0.1, 0.15) is 48.2 Å². The maximum atomic E-state index is 11.9. The largest absolute Gasteiger partial charge is 0.337 e. The maximum Gasteiger partial charge on any atom is 0.269 e. The van der Waals surface area contributed by atoms with E-state index >= 15 is 0 Å². The van der Waals surface area contributed by atoms with E-state index in [1.165, 1.54) is 11.6 Å². The summed E-state index contributed by atoms with van der Waals surface area (Å²) in [4.78, 5) is 23.9. The molecule has 7 rings (SSSR count). The number of amidine groups is 2. The molecule has 0 spiro atoms. The summed E-state index contributed by atoms with van der Waals surface area (Å²) in [6.07, 6.45) is 3.35. The highest BCUT2D eigenvalue weighted by Crippen LogP contribution is 2.48. The second kappa shape index (κ2) is 11.3. The average molecular weight is 582 g/mol. The van der Waals surface area contributed by atoms with Crippen molar-refractivity contribution in [2.24, 2.45) is 9.98 Å². The molecule has 0 radical (unpaired) electrons. The smallest absolute Gasteiger partial charge is 0.269 e. The van der Waals surface area contributed by atoms with Gasteiger partial charge in [0.05, 0.1) is 33.7 Å². The summed E-state index contributed by atoms with van der Waals surface area (Å²) in [6.45, 7) is 4.16. The van der Waals surface area contributed by atoms with E-state index in [-0.39, 0.29) is 10.6 Å². The number of fused-ring (bicyclic) bond motifs is 4. The van der Waals surface area contributed by atoms with Gasteiger partial charge < -0.3 is 10.2 Å². The summed E-state index contributed by atoms with van der Waals surface area (Å²) in [5, 5.41) is 20.4. The molecule has 2 aliphatic rings. The summed E-state index contributed by atoms with van der Waals surface area (Å²) < 4.78 is 1.85. The van der Waals surface area contributed by atoms with Gasteiger partial charge >= 0.3 is 0 Å². The first-order valence-corrected chi connectivity index (χ1v) is 14.8. The molecule has 9 heteroatoms. The Morgan fingerprint density at radius 1 is 0.909 bits per heavy atom. The third-order valence-electron chi connectivity index (χ3n) is 8.07. The van der Waals surface area contributed by atoms with Crippen LogP contribution >= 0.6 is 0 Å². The molecule has 0 bridgehead atoms. The van der Waals surface area contributed by atoms with E-state index < -0.39 is 6.04 Å². The number of rotatable bonds is 7. The molecule has 1 unspecified atom stereocenters. The van der Waals surface area contributed by atoms with Crippen LogP contribution in [0.2, 0.25) is 0 Å².